The zero-order valence-electron chi connectivity index (χ0n) is 28.8. The van der Waals surface area contributed by atoms with Crippen LogP contribution in [0.3, 0.4) is 0 Å². The summed E-state index contributed by atoms with van der Waals surface area (Å²) in [5.74, 6) is -1.49. The first-order chi connectivity index (χ1) is 26.0. The van der Waals surface area contributed by atoms with Gasteiger partial charge in [0.1, 0.15) is 22.9 Å². The lowest BCUT2D eigenvalue weighted by molar-refractivity contribution is -0.139. The predicted octanol–water partition coefficient (Wildman–Crippen LogP) is 8.98. The number of nitrogens with zero attached hydrogens (tertiary/aromatic N) is 2. The molecule has 0 radical (unpaired) electrons. The van der Waals surface area contributed by atoms with Crippen molar-refractivity contribution in [2.75, 3.05) is 0 Å². The van der Waals surface area contributed by atoms with Crippen LogP contribution in [0, 0.1) is 11.0 Å². The predicted molar refractivity (Wildman–Crippen MR) is 178 cm³/mol. The van der Waals surface area contributed by atoms with Crippen LogP contribution >= 0.6 is 0 Å². The summed E-state index contributed by atoms with van der Waals surface area (Å²) in [5.41, 5.74) is -4.70. The Morgan fingerprint density at radius 3 is 1.26 bits per heavy atom. The quantitative estimate of drug-likeness (QED) is 0.0600. The van der Waals surface area contributed by atoms with E-state index in [1.807, 2.05) is 0 Å². The summed E-state index contributed by atoms with van der Waals surface area (Å²) in [4.78, 5) is 0. The van der Waals surface area contributed by atoms with E-state index in [-0.39, 0.29) is 11.1 Å². The molecule has 2 atom stereocenters. The summed E-state index contributed by atoms with van der Waals surface area (Å²) in [6, 6.07) is 12.8. The minimum atomic E-state index is -5.68. The molecule has 0 amide bonds. The van der Waals surface area contributed by atoms with Gasteiger partial charge >= 0.3 is 12.4 Å². The van der Waals surface area contributed by atoms with E-state index in [4.69, 9.17) is 2.82 Å². The van der Waals surface area contributed by atoms with Crippen LogP contribution in [-0.2, 0) is 42.1 Å². The lowest BCUT2D eigenvalue weighted by Crippen LogP contribution is -2.41. The third kappa shape index (κ3) is 5.67. The molecule has 0 fully saturated rings. The second-order valence-electron chi connectivity index (χ2n) is 12.4. The Morgan fingerprint density at radius 1 is 0.593 bits per heavy atom. The summed E-state index contributed by atoms with van der Waals surface area (Å²) in [5, 5.41) is 28.2. The van der Waals surface area contributed by atoms with E-state index < -0.39 is 122 Å². The third-order valence-corrected chi connectivity index (χ3v) is 12.5. The maximum Gasteiger partial charge on any atom is 0.416 e. The second-order valence-corrected chi connectivity index (χ2v) is 15.6. The standard InChI is InChI=1S/C34H24F6N4O8S2/c35-33(36,37)25-13-17(9-11-23(25)31(53(47,48)49)15-27(43-41)29(45)19-5-1-3-7-21(19)31)18-10-12-24(26(14-18)34(38,39)40)32(54(50,51)52)16-28(44-42)30(46)20-6-2-4-8-22(20)32/h1-14,41-42,45-46H,15-16H2,(H,47,48,49)(H,50,51,52)/b43-41+,44-42+. The Bertz CT molecular complexity index is 2470. The molecule has 4 aromatic carbocycles. The average Bonchev–Trinajstić information content (AvgIpc) is 3.12. The summed E-state index contributed by atoms with van der Waals surface area (Å²) in [6.45, 7) is 0. The highest BCUT2D eigenvalue weighted by Gasteiger charge is 2.57. The molecule has 6 N–H and O–H groups in total. The SMILES string of the molecule is [H]/N=N/C1=C(O)c2ccccc2C(c2ccc(-c3ccc(C4(S(=O)(=O)O)CC(/N=N/[H])=C(O)c5ccccc54)c(C(F)(F)F)c3)cc2C(F)(F)F)(S(=O)(=O)O)C1. The average molecular weight is 795 g/mol. The zero-order valence-corrected chi connectivity index (χ0v) is 28.4. The van der Waals surface area contributed by atoms with E-state index in [1.54, 1.807) is 0 Å². The van der Waals surface area contributed by atoms with Crippen molar-refractivity contribution in [2.24, 2.45) is 10.2 Å². The molecule has 2 aliphatic carbocycles. The largest absolute Gasteiger partial charge is 0.505 e. The van der Waals surface area contributed by atoms with Gasteiger partial charge in [-0.3, -0.25) is 9.11 Å². The van der Waals surface area contributed by atoms with E-state index in [0.29, 0.717) is 24.3 Å². The number of halogens is 6. The first kappa shape index (κ1) is 35.6. The second kappa shape index (κ2) is 12.6. The van der Waals surface area contributed by atoms with Crippen molar-refractivity contribution >= 4 is 31.8 Å². The number of fused-ring (bicyclic) bond motifs is 2. The molecule has 20 heteroatoms. The van der Waals surface area contributed by atoms with Crippen LogP contribution in [0.1, 0.15) is 57.3 Å². The van der Waals surface area contributed by atoms with Crippen LogP contribution in [0.2, 0.25) is 2.82 Å². The number of alkyl halides is 6. The fraction of sp³-hybridized carbons (Fsp3) is 0.176. The van der Waals surface area contributed by atoms with Gasteiger partial charge in [0, 0.05) is 24.0 Å². The minimum absolute atomic E-state index is 0.311. The molecule has 2 unspecified atom stereocenters. The number of aliphatic hydroxyl groups excluding tert-OH is 2. The number of hydrogen-bond donors (Lipinski definition) is 6. The highest BCUT2D eigenvalue weighted by atomic mass is 32.2. The van der Waals surface area contributed by atoms with E-state index in [2.05, 4.69) is 21.3 Å². The number of rotatable bonds is 7. The number of benzene rings is 4. The Kier molecular flexibility index (Phi) is 8.28. The molecule has 0 bridgehead atoms. The van der Waals surface area contributed by atoms with Gasteiger partial charge in [0.2, 0.25) is 2.82 Å². The fourth-order valence-corrected chi connectivity index (χ4v) is 9.69. The maximum atomic E-state index is 15.0. The smallest absolute Gasteiger partial charge is 0.416 e. The van der Waals surface area contributed by atoms with E-state index in [1.165, 1.54) is 24.3 Å². The van der Waals surface area contributed by atoms with Crippen molar-refractivity contribution in [3.8, 4) is 11.1 Å². The van der Waals surface area contributed by atoms with Gasteiger partial charge in [-0.15, -0.1) is 0 Å². The van der Waals surface area contributed by atoms with Crippen LogP contribution in [0.4, 0.5) is 26.3 Å². The number of hydrogen-bond acceptors (Lipinski definition) is 10. The molecule has 0 aliphatic heterocycles. The van der Waals surface area contributed by atoms with Crippen molar-refractivity contribution in [3.05, 3.63) is 141 Å². The fourth-order valence-electron chi connectivity index (χ4n) is 7.23. The molecular formula is C34H24F6N4O8S2. The van der Waals surface area contributed by atoms with Crippen molar-refractivity contribution in [1.82, 2.24) is 0 Å². The van der Waals surface area contributed by atoms with Crippen molar-refractivity contribution in [1.29, 1.82) is 11.0 Å². The first-order valence-corrected chi connectivity index (χ1v) is 18.0. The molecule has 0 heterocycles. The molecule has 0 aromatic heterocycles. The number of aliphatic hydroxyl groups is 2. The summed E-state index contributed by atoms with van der Waals surface area (Å²) >= 11 is 0. The van der Waals surface area contributed by atoms with Gasteiger partial charge in [-0.05, 0) is 45.5 Å². The lowest BCUT2D eigenvalue weighted by Gasteiger charge is -2.38. The molecule has 282 valence electrons. The molecule has 0 saturated carbocycles. The maximum absolute atomic E-state index is 15.0. The molecule has 0 saturated heterocycles. The van der Waals surface area contributed by atoms with Crippen molar-refractivity contribution in [3.63, 3.8) is 0 Å². The minimum Gasteiger partial charge on any atom is -0.505 e. The van der Waals surface area contributed by atoms with Crippen LogP contribution < -0.4 is 0 Å². The zero-order chi connectivity index (χ0) is 41.2. The van der Waals surface area contributed by atoms with Gasteiger partial charge < -0.3 is 10.2 Å². The highest BCUT2D eigenvalue weighted by molar-refractivity contribution is 7.87. The topological polar surface area (TPSA) is 222 Å². The Morgan fingerprint density at radius 2 is 0.944 bits per heavy atom. The van der Waals surface area contributed by atoms with Gasteiger partial charge in [0.15, 0.2) is 9.49 Å². The highest BCUT2D eigenvalue weighted by Crippen LogP contribution is 2.55. The molecule has 54 heavy (non-hydrogen) atoms. The Hall–Kier alpha value is -5.44. The molecule has 0 spiro atoms. The van der Waals surface area contributed by atoms with E-state index in [0.717, 1.165) is 36.4 Å². The summed E-state index contributed by atoms with van der Waals surface area (Å²) < 4.78 is 173. The van der Waals surface area contributed by atoms with Crippen molar-refractivity contribution in [2.45, 2.75) is 34.7 Å². The van der Waals surface area contributed by atoms with Gasteiger partial charge in [0.25, 0.3) is 20.2 Å². The molecule has 6 rings (SSSR count). The normalized spacial score (nSPS) is 21.6. The Balaban J connectivity index is 1.64. The molecule has 12 nitrogen and oxygen atoms in total. The molecule has 2 aliphatic rings. The Labute approximate surface area is 304 Å². The van der Waals surface area contributed by atoms with Gasteiger partial charge in [0.05, 0.1) is 11.1 Å². The van der Waals surface area contributed by atoms with Gasteiger partial charge in [-0.2, -0.15) is 53.4 Å². The molecular weight excluding hydrogens is 771 g/mol. The number of allylic oxidation sites excluding steroid dienone is 2. The van der Waals surface area contributed by atoms with Crippen molar-refractivity contribution < 1.29 is 65.3 Å². The van der Waals surface area contributed by atoms with Crippen LogP contribution in [-0.4, -0.2) is 36.2 Å². The monoisotopic (exact) mass is 794 g/mol. The summed E-state index contributed by atoms with van der Waals surface area (Å²) in [6.07, 6.45) is -13.3. The third-order valence-electron chi connectivity index (χ3n) is 9.59. The number of nitrogens with one attached hydrogen (secondary N) is 2. The van der Waals surface area contributed by atoms with Gasteiger partial charge in [-0.1, -0.05) is 72.8 Å². The van der Waals surface area contributed by atoms with Gasteiger partial charge in [-0.25, -0.2) is 11.0 Å². The van der Waals surface area contributed by atoms with Crippen LogP contribution in [0.5, 0.6) is 0 Å². The van der Waals surface area contributed by atoms with E-state index in [9.17, 15) is 36.2 Å². The van der Waals surface area contributed by atoms with Crippen LogP contribution in [0.25, 0.3) is 22.6 Å². The molecule has 4 aromatic rings. The van der Waals surface area contributed by atoms with Crippen LogP contribution in [0.15, 0.2) is 107 Å². The lowest BCUT2D eigenvalue weighted by atomic mass is 9.76. The van der Waals surface area contributed by atoms with E-state index >= 15 is 26.3 Å². The first-order valence-electron chi connectivity index (χ1n) is 16.1. The summed E-state index contributed by atoms with van der Waals surface area (Å²) in [7, 11) is -11.4.